The number of nitrogens with one attached hydrogen (secondary N) is 1. The van der Waals surface area contributed by atoms with Gasteiger partial charge in [-0.15, -0.1) is 10.2 Å². The number of hydrogen-bond acceptors (Lipinski definition) is 5. The zero-order valence-corrected chi connectivity index (χ0v) is 16.1. The van der Waals surface area contributed by atoms with Crippen LogP contribution in [0.25, 0.3) is 11.3 Å². The van der Waals surface area contributed by atoms with Gasteiger partial charge < -0.3 is 10.1 Å². The van der Waals surface area contributed by atoms with Crippen molar-refractivity contribution in [3.63, 3.8) is 0 Å². The third kappa shape index (κ3) is 5.31. The first-order valence-electron chi connectivity index (χ1n) is 8.71. The monoisotopic (exact) mass is 379 g/mol. The zero-order valence-electron chi connectivity index (χ0n) is 15.3. The van der Waals surface area contributed by atoms with Gasteiger partial charge in [-0.1, -0.05) is 53.7 Å². The number of carbonyl (C=O) groups is 1. The molecule has 0 aliphatic carbocycles. The number of para-hydroxylation sites is 2. The normalized spacial score (nSPS) is 10.4. The summed E-state index contributed by atoms with van der Waals surface area (Å²) in [6.07, 6.45) is 0. The minimum absolute atomic E-state index is 0.114. The molecule has 5 nitrogen and oxygen atoms in total. The minimum atomic E-state index is -0.114. The Balaban J connectivity index is 1.57. The number of rotatable bonds is 7. The van der Waals surface area contributed by atoms with Gasteiger partial charge in [0.15, 0.2) is 0 Å². The first kappa shape index (κ1) is 18.9. The molecule has 27 heavy (non-hydrogen) atoms. The number of aromatic nitrogens is 2. The predicted molar refractivity (Wildman–Crippen MR) is 109 cm³/mol. The third-order valence-electron chi connectivity index (χ3n) is 3.80. The second-order valence-corrected chi connectivity index (χ2v) is 6.88. The van der Waals surface area contributed by atoms with Crippen molar-refractivity contribution in [1.29, 1.82) is 0 Å². The van der Waals surface area contributed by atoms with E-state index >= 15 is 0 Å². The molecule has 1 heterocycles. The van der Waals surface area contributed by atoms with Crippen LogP contribution in [-0.2, 0) is 4.79 Å². The SMILES string of the molecule is CCOc1ccccc1NC(=O)CSc1ccc(-c2ccc(C)cc2)nn1. The lowest BCUT2D eigenvalue weighted by molar-refractivity contribution is -0.113. The Kier molecular flexibility index (Phi) is 6.44. The van der Waals surface area contributed by atoms with Crippen LogP contribution in [0.1, 0.15) is 12.5 Å². The highest BCUT2D eigenvalue weighted by Gasteiger charge is 2.09. The highest BCUT2D eigenvalue weighted by atomic mass is 32.2. The van der Waals surface area contributed by atoms with E-state index in [9.17, 15) is 4.79 Å². The summed E-state index contributed by atoms with van der Waals surface area (Å²) in [5.41, 5.74) is 3.71. The summed E-state index contributed by atoms with van der Waals surface area (Å²) >= 11 is 1.35. The molecular weight excluding hydrogens is 358 g/mol. The van der Waals surface area contributed by atoms with E-state index in [1.165, 1.54) is 17.3 Å². The lowest BCUT2D eigenvalue weighted by atomic mass is 10.1. The number of nitrogens with zero attached hydrogens (tertiary/aromatic N) is 2. The van der Waals surface area contributed by atoms with Gasteiger partial charge in [-0.2, -0.15) is 0 Å². The van der Waals surface area contributed by atoms with Gasteiger partial charge in [-0.25, -0.2) is 0 Å². The van der Waals surface area contributed by atoms with E-state index < -0.39 is 0 Å². The van der Waals surface area contributed by atoms with Crippen LogP contribution in [0.5, 0.6) is 5.75 Å². The topological polar surface area (TPSA) is 64.1 Å². The van der Waals surface area contributed by atoms with E-state index in [4.69, 9.17) is 4.74 Å². The molecule has 0 fully saturated rings. The summed E-state index contributed by atoms with van der Waals surface area (Å²) in [6.45, 7) is 4.50. The number of benzene rings is 2. The Bertz CT molecular complexity index is 896. The first-order chi connectivity index (χ1) is 13.2. The van der Waals surface area contributed by atoms with Gasteiger partial charge in [0.2, 0.25) is 5.91 Å². The maximum atomic E-state index is 12.2. The van der Waals surface area contributed by atoms with E-state index in [1.54, 1.807) is 0 Å². The van der Waals surface area contributed by atoms with Crippen molar-refractivity contribution < 1.29 is 9.53 Å². The molecule has 2 aromatic carbocycles. The van der Waals surface area contributed by atoms with E-state index in [0.717, 1.165) is 11.3 Å². The summed E-state index contributed by atoms with van der Waals surface area (Å²) in [5.74, 6) is 0.802. The highest BCUT2D eigenvalue weighted by molar-refractivity contribution is 7.99. The number of anilines is 1. The van der Waals surface area contributed by atoms with Crippen LogP contribution in [0.15, 0.2) is 65.7 Å². The second-order valence-electron chi connectivity index (χ2n) is 5.89. The highest BCUT2D eigenvalue weighted by Crippen LogP contribution is 2.25. The molecule has 1 aromatic heterocycles. The number of thioether (sulfide) groups is 1. The Morgan fingerprint density at radius 2 is 1.81 bits per heavy atom. The molecule has 0 aliphatic rings. The number of hydrogen-bond donors (Lipinski definition) is 1. The number of aryl methyl sites for hydroxylation is 1. The van der Waals surface area contributed by atoms with Gasteiger partial charge in [0.05, 0.1) is 23.7 Å². The van der Waals surface area contributed by atoms with Crippen LogP contribution in [0.4, 0.5) is 5.69 Å². The summed E-state index contributed by atoms with van der Waals surface area (Å²) in [6, 6.07) is 19.3. The molecule has 0 atom stereocenters. The molecule has 1 N–H and O–H groups in total. The van der Waals surface area contributed by atoms with Crippen LogP contribution in [0.3, 0.4) is 0 Å². The third-order valence-corrected chi connectivity index (χ3v) is 4.72. The van der Waals surface area contributed by atoms with Crippen LogP contribution < -0.4 is 10.1 Å². The fourth-order valence-electron chi connectivity index (χ4n) is 2.45. The van der Waals surface area contributed by atoms with Crippen molar-refractivity contribution in [3.05, 3.63) is 66.2 Å². The van der Waals surface area contributed by atoms with Crippen LogP contribution in [0, 0.1) is 6.92 Å². The molecule has 0 aliphatic heterocycles. The molecule has 1 amide bonds. The quantitative estimate of drug-likeness (QED) is 0.609. The molecule has 3 rings (SSSR count). The van der Waals surface area contributed by atoms with E-state index in [1.807, 2.05) is 74.5 Å². The van der Waals surface area contributed by atoms with Crippen molar-refractivity contribution in [3.8, 4) is 17.0 Å². The first-order valence-corrected chi connectivity index (χ1v) is 9.69. The van der Waals surface area contributed by atoms with Crippen LogP contribution in [0.2, 0.25) is 0 Å². The number of ether oxygens (including phenoxy) is 1. The van der Waals surface area contributed by atoms with Gasteiger partial charge in [-0.05, 0) is 38.1 Å². The smallest absolute Gasteiger partial charge is 0.234 e. The average Bonchev–Trinajstić information content (AvgIpc) is 2.69. The lowest BCUT2D eigenvalue weighted by Crippen LogP contribution is -2.15. The molecule has 0 radical (unpaired) electrons. The Labute approximate surface area is 163 Å². The standard InChI is InChI=1S/C21H21N3O2S/c1-3-26-19-7-5-4-6-18(19)22-20(25)14-27-21-13-12-17(23-24-21)16-10-8-15(2)9-11-16/h4-13H,3,14H2,1-2H3,(H,22,25). The van der Waals surface area contributed by atoms with Gasteiger partial charge in [0.25, 0.3) is 0 Å². The number of carbonyl (C=O) groups excluding carboxylic acids is 1. The largest absolute Gasteiger partial charge is 0.492 e. The molecule has 0 bridgehead atoms. The van der Waals surface area contributed by atoms with Gasteiger partial charge in [-0.3, -0.25) is 4.79 Å². The van der Waals surface area contributed by atoms with Crippen molar-refractivity contribution in [2.45, 2.75) is 18.9 Å². The Morgan fingerprint density at radius 3 is 2.52 bits per heavy atom. The second kappa shape index (κ2) is 9.19. The van der Waals surface area contributed by atoms with Gasteiger partial charge >= 0.3 is 0 Å². The van der Waals surface area contributed by atoms with Crippen molar-refractivity contribution >= 4 is 23.4 Å². The fourth-order valence-corrected chi connectivity index (χ4v) is 3.07. The molecule has 6 heteroatoms. The van der Waals surface area contributed by atoms with Gasteiger partial charge in [0, 0.05) is 5.56 Å². The molecule has 138 valence electrons. The molecule has 0 spiro atoms. The van der Waals surface area contributed by atoms with Crippen LogP contribution in [-0.4, -0.2) is 28.5 Å². The van der Waals surface area contributed by atoms with E-state index in [-0.39, 0.29) is 11.7 Å². The molecule has 3 aromatic rings. The summed E-state index contributed by atoms with van der Waals surface area (Å²) in [4.78, 5) is 12.2. The van der Waals surface area contributed by atoms with Crippen LogP contribution >= 0.6 is 11.8 Å². The summed E-state index contributed by atoms with van der Waals surface area (Å²) < 4.78 is 5.52. The maximum absolute atomic E-state index is 12.2. The van der Waals surface area contributed by atoms with E-state index in [0.29, 0.717) is 23.1 Å². The zero-order chi connectivity index (χ0) is 19.1. The van der Waals surface area contributed by atoms with Crippen molar-refractivity contribution in [2.24, 2.45) is 0 Å². The maximum Gasteiger partial charge on any atom is 0.234 e. The summed E-state index contributed by atoms with van der Waals surface area (Å²) in [5, 5.41) is 12.1. The molecule has 0 unspecified atom stereocenters. The van der Waals surface area contributed by atoms with Gasteiger partial charge in [0.1, 0.15) is 10.8 Å². The predicted octanol–water partition coefficient (Wildman–Crippen LogP) is 4.58. The summed E-state index contributed by atoms with van der Waals surface area (Å²) in [7, 11) is 0. The average molecular weight is 379 g/mol. The molecule has 0 saturated carbocycles. The Hall–Kier alpha value is -2.86. The van der Waals surface area contributed by atoms with E-state index in [2.05, 4.69) is 15.5 Å². The number of amides is 1. The lowest BCUT2D eigenvalue weighted by Gasteiger charge is -2.11. The minimum Gasteiger partial charge on any atom is -0.492 e. The fraction of sp³-hybridized carbons (Fsp3) is 0.190. The Morgan fingerprint density at radius 1 is 1.04 bits per heavy atom. The molecule has 0 saturated heterocycles. The molecular formula is C21H21N3O2S. The van der Waals surface area contributed by atoms with Crippen molar-refractivity contribution in [1.82, 2.24) is 10.2 Å². The van der Waals surface area contributed by atoms with Crippen molar-refractivity contribution in [2.75, 3.05) is 17.7 Å².